The molecule has 0 aliphatic carbocycles. The predicted molar refractivity (Wildman–Crippen MR) is 88.2 cm³/mol. The molecule has 0 aliphatic rings. The Labute approximate surface area is 122 Å². The number of nitrogens with one attached hydrogen (secondary N) is 1. The van der Waals surface area contributed by atoms with E-state index in [2.05, 4.69) is 46.9 Å². The lowest BCUT2D eigenvalue weighted by atomic mass is 10.1. The molecule has 0 radical (unpaired) electrons. The summed E-state index contributed by atoms with van der Waals surface area (Å²) in [6.45, 7) is 5.94. The Bertz CT molecular complexity index is 539. The van der Waals surface area contributed by atoms with Crippen LogP contribution in [-0.4, -0.2) is 18.2 Å². The van der Waals surface area contributed by atoms with Crippen molar-refractivity contribution in [2.24, 2.45) is 0 Å². The third kappa shape index (κ3) is 3.73. The first-order valence-corrected chi connectivity index (χ1v) is 7.69. The summed E-state index contributed by atoms with van der Waals surface area (Å²) >= 11 is 0. The molecule has 1 aromatic heterocycles. The molecule has 0 aliphatic heterocycles. The van der Waals surface area contributed by atoms with Crippen LogP contribution in [0.1, 0.15) is 31.2 Å². The number of rotatable bonds is 9. The molecule has 2 nitrogen and oxygen atoms in total. The van der Waals surface area contributed by atoms with Gasteiger partial charge in [-0.05, 0) is 50.9 Å². The van der Waals surface area contributed by atoms with E-state index >= 15 is 0 Å². The van der Waals surface area contributed by atoms with Crippen LogP contribution in [0.25, 0.3) is 10.9 Å². The maximum absolute atomic E-state index is 3.78. The first-order chi connectivity index (χ1) is 9.86. The second-order valence-corrected chi connectivity index (χ2v) is 5.36. The first-order valence-electron chi connectivity index (χ1n) is 7.69. The zero-order valence-corrected chi connectivity index (χ0v) is 12.6. The van der Waals surface area contributed by atoms with Crippen LogP contribution in [0.2, 0.25) is 0 Å². The van der Waals surface area contributed by atoms with Gasteiger partial charge in [-0.2, -0.15) is 0 Å². The number of hydrogen-bond acceptors (Lipinski definition) is 1. The molecule has 0 saturated carbocycles. The van der Waals surface area contributed by atoms with E-state index in [0.717, 1.165) is 25.9 Å². The van der Waals surface area contributed by atoms with E-state index in [0.29, 0.717) is 0 Å². The van der Waals surface area contributed by atoms with Gasteiger partial charge in [0, 0.05) is 23.6 Å². The lowest BCUT2D eigenvalue weighted by Crippen LogP contribution is -2.10. The Kier molecular flexibility index (Phi) is 5.87. The monoisotopic (exact) mass is 270 g/mol. The SMILES string of the molecule is C=CCCCCCn1cc(CCNC)c2ccccc21. The van der Waals surface area contributed by atoms with Gasteiger partial charge in [0.2, 0.25) is 0 Å². The fourth-order valence-electron chi connectivity index (χ4n) is 2.71. The number of para-hydroxylation sites is 1. The molecule has 0 atom stereocenters. The largest absolute Gasteiger partial charge is 0.347 e. The second-order valence-electron chi connectivity index (χ2n) is 5.36. The van der Waals surface area contributed by atoms with Gasteiger partial charge in [0.25, 0.3) is 0 Å². The lowest BCUT2D eigenvalue weighted by Gasteiger charge is -2.04. The minimum absolute atomic E-state index is 1.04. The second kappa shape index (κ2) is 7.91. The van der Waals surface area contributed by atoms with Crippen molar-refractivity contribution < 1.29 is 0 Å². The van der Waals surface area contributed by atoms with Gasteiger partial charge in [-0.25, -0.2) is 0 Å². The topological polar surface area (TPSA) is 17.0 Å². The summed E-state index contributed by atoms with van der Waals surface area (Å²) in [5.74, 6) is 0. The average molecular weight is 270 g/mol. The first kappa shape index (κ1) is 14.9. The Morgan fingerprint density at radius 1 is 1.20 bits per heavy atom. The van der Waals surface area contributed by atoms with Gasteiger partial charge in [-0.1, -0.05) is 30.7 Å². The third-order valence-corrected chi connectivity index (χ3v) is 3.82. The van der Waals surface area contributed by atoms with E-state index in [1.165, 1.54) is 35.7 Å². The molecule has 2 aromatic rings. The number of aryl methyl sites for hydroxylation is 1. The highest BCUT2D eigenvalue weighted by Gasteiger charge is 2.07. The summed E-state index contributed by atoms with van der Waals surface area (Å²) in [6, 6.07) is 8.76. The smallest absolute Gasteiger partial charge is 0.0483 e. The van der Waals surface area contributed by atoms with E-state index in [9.17, 15) is 0 Å². The van der Waals surface area contributed by atoms with Crippen LogP contribution in [0.15, 0.2) is 43.1 Å². The molecular weight excluding hydrogens is 244 g/mol. The number of hydrogen-bond donors (Lipinski definition) is 1. The zero-order chi connectivity index (χ0) is 14.2. The quantitative estimate of drug-likeness (QED) is 0.535. The Balaban J connectivity index is 2.06. The molecule has 1 aromatic carbocycles. The minimum Gasteiger partial charge on any atom is -0.347 e. The number of unbranched alkanes of at least 4 members (excludes halogenated alkanes) is 3. The molecule has 0 unspecified atom stereocenters. The normalized spacial score (nSPS) is 11.1. The fourth-order valence-corrected chi connectivity index (χ4v) is 2.71. The number of nitrogens with zero attached hydrogens (tertiary/aromatic N) is 1. The molecule has 0 amide bonds. The standard InChI is InChI=1S/C18H26N2/c1-3-4-5-6-9-14-20-15-16(12-13-19-2)17-10-7-8-11-18(17)20/h3,7-8,10-11,15,19H,1,4-6,9,12-14H2,2H3. The van der Waals surface area contributed by atoms with Gasteiger partial charge in [-0.15, -0.1) is 6.58 Å². The lowest BCUT2D eigenvalue weighted by molar-refractivity contribution is 0.601. The van der Waals surface area contributed by atoms with Crippen molar-refractivity contribution in [2.45, 2.75) is 38.6 Å². The summed E-state index contributed by atoms with van der Waals surface area (Å²) in [5.41, 5.74) is 2.84. The number of allylic oxidation sites excluding steroid dienone is 1. The molecule has 0 fully saturated rings. The van der Waals surface area contributed by atoms with Gasteiger partial charge in [0.1, 0.15) is 0 Å². The van der Waals surface area contributed by atoms with Crippen molar-refractivity contribution in [1.82, 2.24) is 9.88 Å². The van der Waals surface area contributed by atoms with E-state index in [4.69, 9.17) is 0 Å². The predicted octanol–water partition coefficient (Wildman–Crippen LogP) is 4.15. The van der Waals surface area contributed by atoms with Crippen molar-refractivity contribution in [1.29, 1.82) is 0 Å². The van der Waals surface area contributed by atoms with Crippen LogP contribution in [0.5, 0.6) is 0 Å². The number of fused-ring (bicyclic) bond motifs is 1. The van der Waals surface area contributed by atoms with E-state index in [1.807, 2.05) is 13.1 Å². The van der Waals surface area contributed by atoms with Crippen LogP contribution in [0.4, 0.5) is 0 Å². The molecule has 1 heterocycles. The summed E-state index contributed by atoms with van der Waals surface area (Å²) in [7, 11) is 2.01. The van der Waals surface area contributed by atoms with Gasteiger partial charge in [0.05, 0.1) is 0 Å². The van der Waals surface area contributed by atoms with Gasteiger partial charge < -0.3 is 9.88 Å². The number of likely N-dealkylation sites (N-methyl/N-ethyl adjacent to an activating group) is 1. The fraction of sp³-hybridized carbons (Fsp3) is 0.444. The molecule has 0 spiro atoms. The highest BCUT2D eigenvalue weighted by Crippen LogP contribution is 2.22. The minimum atomic E-state index is 1.04. The van der Waals surface area contributed by atoms with Gasteiger partial charge >= 0.3 is 0 Å². The highest BCUT2D eigenvalue weighted by molar-refractivity contribution is 5.84. The summed E-state index contributed by atoms with van der Waals surface area (Å²) in [6.07, 6.45) is 10.4. The molecule has 2 rings (SSSR count). The molecule has 20 heavy (non-hydrogen) atoms. The summed E-state index contributed by atoms with van der Waals surface area (Å²) < 4.78 is 2.42. The molecule has 2 heteroatoms. The van der Waals surface area contributed by atoms with Crippen molar-refractivity contribution in [3.63, 3.8) is 0 Å². The van der Waals surface area contributed by atoms with Crippen LogP contribution in [0, 0.1) is 0 Å². The Morgan fingerprint density at radius 2 is 2.05 bits per heavy atom. The van der Waals surface area contributed by atoms with Crippen LogP contribution >= 0.6 is 0 Å². The Hall–Kier alpha value is -1.54. The van der Waals surface area contributed by atoms with Crippen LogP contribution in [0.3, 0.4) is 0 Å². The van der Waals surface area contributed by atoms with E-state index < -0.39 is 0 Å². The van der Waals surface area contributed by atoms with E-state index in [1.54, 1.807) is 0 Å². The highest BCUT2D eigenvalue weighted by atomic mass is 15.0. The van der Waals surface area contributed by atoms with E-state index in [-0.39, 0.29) is 0 Å². The molecule has 0 bridgehead atoms. The third-order valence-electron chi connectivity index (χ3n) is 3.82. The van der Waals surface area contributed by atoms with Crippen LogP contribution in [-0.2, 0) is 13.0 Å². The molecule has 1 N–H and O–H groups in total. The Morgan fingerprint density at radius 3 is 2.85 bits per heavy atom. The molecular formula is C18H26N2. The van der Waals surface area contributed by atoms with Crippen molar-refractivity contribution in [3.05, 3.63) is 48.7 Å². The average Bonchev–Trinajstić information content (AvgIpc) is 2.83. The summed E-state index contributed by atoms with van der Waals surface area (Å²) in [4.78, 5) is 0. The number of aromatic nitrogens is 1. The summed E-state index contributed by atoms with van der Waals surface area (Å²) in [5, 5.41) is 4.65. The number of benzene rings is 1. The van der Waals surface area contributed by atoms with Crippen LogP contribution < -0.4 is 5.32 Å². The van der Waals surface area contributed by atoms with Crippen molar-refractivity contribution in [3.8, 4) is 0 Å². The van der Waals surface area contributed by atoms with Crippen molar-refractivity contribution in [2.75, 3.05) is 13.6 Å². The van der Waals surface area contributed by atoms with Crippen molar-refractivity contribution >= 4 is 10.9 Å². The maximum Gasteiger partial charge on any atom is 0.0483 e. The molecule has 0 saturated heterocycles. The van der Waals surface area contributed by atoms with Gasteiger partial charge in [0.15, 0.2) is 0 Å². The maximum atomic E-state index is 3.78. The van der Waals surface area contributed by atoms with Gasteiger partial charge in [-0.3, -0.25) is 0 Å². The molecule has 108 valence electrons. The zero-order valence-electron chi connectivity index (χ0n) is 12.6.